The fourth-order valence-corrected chi connectivity index (χ4v) is 1.53. The zero-order valence-corrected chi connectivity index (χ0v) is 8.07. The molecule has 0 aromatic carbocycles. The molecule has 0 saturated heterocycles. The van der Waals surface area contributed by atoms with Gasteiger partial charge in [-0.3, -0.25) is 0 Å². The lowest BCUT2D eigenvalue weighted by molar-refractivity contribution is 0.453. The Bertz CT molecular complexity index is 403. The smallest absolute Gasteiger partial charge is 0.263 e. The van der Waals surface area contributed by atoms with Crippen molar-refractivity contribution in [2.75, 3.05) is 0 Å². The van der Waals surface area contributed by atoms with Crippen LogP contribution in [0.3, 0.4) is 0 Å². The quantitative estimate of drug-likeness (QED) is 0.760. The summed E-state index contributed by atoms with van der Waals surface area (Å²) in [5, 5.41) is 1.12. The van der Waals surface area contributed by atoms with Gasteiger partial charge in [-0.25, -0.2) is 15.0 Å². The largest absolute Gasteiger partial charge is 0.440 e. The SMILES string of the molecule is NCc1ccnc(Sc2ncco2)n1. The molecule has 0 atom stereocenters. The molecule has 2 heterocycles. The Hall–Kier alpha value is -1.40. The minimum absolute atomic E-state index is 0.404. The molecule has 0 bridgehead atoms. The van der Waals surface area contributed by atoms with E-state index in [-0.39, 0.29) is 0 Å². The summed E-state index contributed by atoms with van der Waals surface area (Å²) in [6.45, 7) is 0.404. The standard InChI is InChI=1S/C8H8N4OS/c9-5-6-1-2-10-7(12-6)14-8-11-3-4-13-8/h1-4H,5,9H2. The van der Waals surface area contributed by atoms with Gasteiger partial charge in [0.2, 0.25) is 0 Å². The molecule has 2 N–H and O–H groups in total. The molecule has 0 spiro atoms. The average Bonchev–Trinajstić information content (AvgIpc) is 2.71. The van der Waals surface area contributed by atoms with E-state index in [9.17, 15) is 0 Å². The van der Waals surface area contributed by atoms with E-state index in [4.69, 9.17) is 10.2 Å². The van der Waals surface area contributed by atoms with Crippen LogP contribution >= 0.6 is 11.8 Å². The molecule has 2 rings (SSSR count). The molecule has 72 valence electrons. The molecule has 2 aromatic heterocycles. The molecule has 5 nitrogen and oxygen atoms in total. The molecule has 0 unspecified atom stereocenters. The molecular formula is C8H8N4OS. The van der Waals surface area contributed by atoms with Gasteiger partial charge in [-0.05, 0) is 6.07 Å². The van der Waals surface area contributed by atoms with Gasteiger partial charge in [0, 0.05) is 24.5 Å². The molecule has 14 heavy (non-hydrogen) atoms. The van der Waals surface area contributed by atoms with E-state index in [2.05, 4.69) is 15.0 Å². The van der Waals surface area contributed by atoms with E-state index in [0.29, 0.717) is 16.9 Å². The zero-order chi connectivity index (χ0) is 9.80. The summed E-state index contributed by atoms with van der Waals surface area (Å²) in [6, 6.07) is 1.78. The maximum atomic E-state index is 5.45. The molecule has 6 heteroatoms. The van der Waals surface area contributed by atoms with Gasteiger partial charge in [0.1, 0.15) is 6.26 Å². The summed E-state index contributed by atoms with van der Waals surface area (Å²) in [5.74, 6) is 0. The van der Waals surface area contributed by atoms with Gasteiger partial charge in [0.15, 0.2) is 5.16 Å². The Morgan fingerprint density at radius 2 is 2.29 bits per heavy atom. The minimum Gasteiger partial charge on any atom is -0.440 e. The van der Waals surface area contributed by atoms with Crippen molar-refractivity contribution in [1.29, 1.82) is 0 Å². The highest BCUT2D eigenvalue weighted by Crippen LogP contribution is 2.21. The van der Waals surface area contributed by atoms with Crippen molar-refractivity contribution in [3.05, 3.63) is 30.4 Å². The summed E-state index contributed by atoms with van der Waals surface area (Å²) in [6.07, 6.45) is 4.75. The molecule has 0 aliphatic rings. The Balaban J connectivity index is 2.17. The second-order valence-corrected chi connectivity index (χ2v) is 3.35. The van der Waals surface area contributed by atoms with Gasteiger partial charge in [-0.1, -0.05) is 0 Å². The van der Waals surface area contributed by atoms with Crippen LogP contribution in [0.4, 0.5) is 0 Å². The van der Waals surface area contributed by atoms with Gasteiger partial charge in [-0.15, -0.1) is 0 Å². The third-order valence-electron chi connectivity index (χ3n) is 1.49. The highest BCUT2D eigenvalue weighted by molar-refractivity contribution is 7.98. The van der Waals surface area contributed by atoms with Crippen molar-refractivity contribution in [3.8, 4) is 0 Å². The van der Waals surface area contributed by atoms with Crippen LogP contribution in [0.2, 0.25) is 0 Å². The van der Waals surface area contributed by atoms with E-state index in [1.54, 1.807) is 18.5 Å². The van der Waals surface area contributed by atoms with Crippen molar-refractivity contribution in [2.45, 2.75) is 16.9 Å². The van der Waals surface area contributed by atoms with E-state index in [0.717, 1.165) is 5.69 Å². The van der Waals surface area contributed by atoms with Gasteiger partial charge in [0.05, 0.1) is 11.9 Å². The van der Waals surface area contributed by atoms with Crippen LogP contribution < -0.4 is 5.73 Å². The monoisotopic (exact) mass is 208 g/mol. The highest BCUT2D eigenvalue weighted by Gasteiger charge is 2.04. The maximum Gasteiger partial charge on any atom is 0.263 e. The van der Waals surface area contributed by atoms with Gasteiger partial charge in [-0.2, -0.15) is 0 Å². The first-order valence-electron chi connectivity index (χ1n) is 3.98. The normalized spacial score (nSPS) is 10.4. The highest BCUT2D eigenvalue weighted by atomic mass is 32.2. The van der Waals surface area contributed by atoms with E-state index >= 15 is 0 Å². The predicted molar refractivity (Wildman–Crippen MR) is 50.5 cm³/mol. The Morgan fingerprint density at radius 3 is 3.00 bits per heavy atom. The first-order chi connectivity index (χ1) is 6.88. The van der Waals surface area contributed by atoms with Gasteiger partial charge in [0.25, 0.3) is 5.22 Å². The van der Waals surface area contributed by atoms with E-state index < -0.39 is 0 Å². The van der Waals surface area contributed by atoms with Crippen LogP contribution in [-0.4, -0.2) is 15.0 Å². The number of oxazole rings is 1. The number of nitrogens with two attached hydrogens (primary N) is 1. The number of hydrogen-bond donors (Lipinski definition) is 1. The van der Waals surface area contributed by atoms with Crippen LogP contribution in [0, 0.1) is 0 Å². The fraction of sp³-hybridized carbons (Fsp3) is 0.125. The Morgan fingerprint density at radius 1 is 1.36 bits per heavy atom. The average molecular weight is 208 g/mol. The van der Waals surface area contributed by atoms with Crippen LogP contribution in [0.5, 0.6) is 0 Å². The lowest BCUT2D eigenvalue weighted by Gasteiger charge is -1.97. The topological polar surface area (TPSA) is 77.8 Å². The van der Waals surface area contributed by atoms with Crippen molar-refractivity contribution in [1.82, 2.24) is 15.0 Å². The number of hydrogen-bond acceptors (Lipinski definition) is 6. The zero-order valence-electron chi connectivity index (χ0n) is 7.25. The molecule has 0 fully saturated rings. The Kier molecular flexibility index (Phi) is 2.76. The van der Waals surface area contributed by atoms with E-state index in [1.165, 1.54) is 18.0 Å². The van der Waals surface area contributed by atoms with Crippen LogP contribution in [0.25, 0.3) is 0 Å². The lowest BCUT2D eigenvalue weighted by atomic mass is 10.4. The molecular weight excluding hydrogens is 200 g/mol. The maximum absolute atomic E-state index is 5.45. The third kappa shape index (κ3) is 2.09. The Labute approximate surface area is 84.8 Å². The molecule has 2 aromatic rings. The summed E-state index contributed by atoms with van der Waals surface area (Å²) < 4.78 is 5.05. The van der Waals surface area contributed by atoms with Crippen molar-refractivity contribution in [3.63, 3.8) is 0 Å². The van der Waals surface area contributed by atoms with Crippen LogP contribution in [0.1, 0.15) is 5.69 Å². The third-order valence-corrected chi connectivity index (χ3v) is 2.24. The molecule has 0 saturated carbocycles. The van der Waals surface area contributed by atoms with Gasteiger partial charge >= 0.3 is 0 Å². The molecule has 0 amide bonds. The lowest BCUT2D eigenvalue weighted by Crippen LogP contribution is -2.00. The van der Waals surface area contributed by atoms with Crippen molar-refractivity contribution < 1.29 is 4.42 Å². The first kappa shape index (κ1) is 9.17. The van der Waals surface area contributed by atoms with Crippen molar-refractivity contribution in [2.24, 2.45) is 5.73 Å². The second kappa shape index (κ2) is 4.21. The second-order valence-electron chi connectivity index (χ2n) is 2.43. The number of nitrogens with zero attached hydrogens (tertiary/aromatic N) is 3. The summed E-state index contributed by atoms with van der Waals surface area (Å²) in [5.41, 5.74) is 6.25. The predicted octanol–water partition coefficient (Wildman–Crippen LogP) is 1.07. The van der Waals surface area contributed by atoms with Crippen LogP contribution in [-0.2, 0) is 6.54 Å². The number of rotatable bonds is 3. The first-order valence-corrected chi connectivity index (χ1v) is 4.79. The molecule has 0 aliphatic heterocycles. The van der Waals surface area contributed by atoms with E-state index in [1.807, 2.05) is 0 Å². The van der Waals surface area contributed by atoms with Crippen LogP contribution in [0.15, 0.2) is 39.5 Å². The number of aromatic nitrogens is 3. The summed E-state index contributed by atoms with van der Waals surface area (Å²) >= 11 is 1.27. The fourth-order valence-electron chi connectivity index (χ4n) is 0.878. The summed E-state index contributed by atoms with van der Waals surface area (Å²) in [4.78, 5) is 12.2. The molecule has 0 aliphatic carbocycles. The van der Waals surface area contributed by atoms with Gasteiger partial charge < -0.3 is 10.2 Å². The molecule has 0 radical (unpaired) electrons. The minimum atomic E-state index is 0.404. The van der Waals surface area contributed by atoms with Crippen molar-refractivity contribution >= 4 is 11.8 Å². The summed E-state index contributed by atoms with van der Waals surface area (Å²) in [7, 11) is 0.